The Hall–Kier alpha value is -1.39. The third-order valence-corrected chi connectivity index (χ3v) is 3.06. The zero-order valence-electron chi connectivity index (χ0n) is 9.80. The standard InChI is InChI=1S/C13H17NO3/c1-9(10-5-3-2-4-6-10)14-11-7-13(16)17-12(11)8-15/h2-6,9,11-12,14-15H,7-8H2,1H3/t9-,11-,12+/m0/s1. The third-order valence-electron chi connectivity index (χ3n) is 3.06. The van der Waals surface area contributed by atoms with Crippen LogP contribution in [0.1, 0.15) is 24.9 Å². The first-order valence-electron chi connectivity index (χ1n) is 5.82. The molecule has 4 heteroatoms. The molecule has 1 aromatic carbocycles. The second-order valence-corrected chi connectivity index (χ2v) is 4.32. The Balaban J connectivity index is 1.99. The van der Waals surface area contributed by atoms with Gasteiger partial charge in [-0.3, -0.25) is 4.79 Å². The molecule has 1 saturated heterocycles. The minimum absolute atomic E-state index is 0.109. The Morgan fingerprint density at radius 3 is 2.82 bits per heavy atom. The van der Waals surface area contributed by atoms with Crippen LogP contribution in [0.5, 0.6) is 0 Å². The fourth-order valence-electron chi connectivity index (χ4n) is 2.10. The zero-order valence-corrected chi connectivity index (χ0v) is 9.80. The van der Waals surface area contributed by atoms with Crippen molar-refractivity contribution in [1.29, 1.82) is 0 Å². The smallest absolute Gasteiger partial charge is 0.307 e. The fourth-order valence-corrected chi connectivity index (χ4v) is 2.10. The van der Waals surface area contributed by atoms with Crippen LogP contribution >= 0.6 is 0 Å². The predicted molar refractivity (Wildman–Crippen MR) is 63.4 cm³/mol. The van der Waals surface area contributed by atoms with E-state index in [1.807, 2.05) is 37.3 Å². The molecular weight excluding hydrogens is 218 g/mol. The molecule has 0 aromatic heterocycles. The number of ether oxygens (including phenoxy) is 1. The fraction of sp³-hybridized carbons (Fsp3) is 0.462. The number of cyclic esters (lactones) is 1. The lowest BCUT2D eigenvalue weighted by atomic mass is 10.1. The topological polar surface area (TPSA) is 58.6 Å². The van der Waals surface area contributed by atoms with Gasteiger partial charge in [0.25, 0.3) is 0 Å². The number of hydrogen-bond donors (Lipinski definition) is 2. The van der Waals surface area contributed by atoms with Crippen molar-refractivity contribution in [3.8, 4) is 0 Å². The van der Waals surface area contributed by atoms with Gasteiger partial charge >= 0.3 is 5.97 Å². The predicted octanol–water partition coefficient (Wildman–Crippen LogP) is 1.01. The van der Waals surface area contributed by atoms with E-state index in [-0.39, 0.29) is 24.7 Å². The van der Waals surface area contributed by atoms with Crippen LogP contribution < -0.4 is 5.32 Å². The van der Waals surface area contributed by atoms with Crippen LogP contribution in [0.2, 0.25) is 0 Å². The van der Waals surface area contributed by atoms with Crippen LogP contribution in [0, 0.1) is 0 Å². The van der Waals surface area contributed by atoms with Gasteiger partial charge in [-0.2, -0.15) is 0 Å². The lowest BCUT2D eigenvalue weighted by Crippen LogP contribution is -2.39. The molecule has 1 heterocycles. The largest absolute Gasteiger partial charge is 0.458 e. The van der Waals surface area contributed by atoms with Crippen molar-refractivity contribution in [3.63, 3.8) is 0 Å². The van der Waals surface area contributed by atoms with Gasteiger partial charge in [0.2, 0.25) is 0 Å². The summed E-state index contributed by atoms with van der Waals surface area (Å²) in [4.78, 5) is 11.2. The minimum Gasteiger partial charge on any atom is -0.458 e. The molecule has 1 aliphatic heterocycles. The van der Waals surface area contributed by atoms with Crippen LogP contribution in [0.3, 0.4) is 0 Å². The maximum Gasteiger partial charge on any atom is 0.307 e. The van der Waals surface area contributed by atoms with Gasteiger partial charge in [0.15, 0.2) is 0 Å². The molecule has 1 fully saturated rings. The number of hydrogen-bond acceptors (Lipinski definition) is 4. The Morgan fingerprint density at radius 1 is 1.47 bits per heavy atom. The summed E-state index contributed by atoms with van der Waals surface area (Å²) in [6.07, 6.45) is -0.101. The van der Waals surface area contributed by atoms with Crippen LogP contribution in [0.4, 0.5) is 0 Å². The molecule has 0 unspecified atom stereocenters. The molecule has 1 aromatic rings. The Bertz CT molecular complexity index is 380. The van der Waals surface area contributed by atoms with E-state index in [0.29, 0.717) is 6.42 Å². The SMILES string of the molecule is C[C@H](N[C@H]1CC(=O)O[C@@H]1CO)c1ccccc1. The Labute approximate surface area is 101 Å². The average Bonchev–Trinajstić information content (AvgIpc) is 2.70. The highest BCUT2D eigenvalue weighted by molar-refractivity contribution is 5.72. The molecule has 3 atom stereocenters. The molecule has 4 nitrogen and oxygen atoms in total. The third kappa shape index (κ3) is 2.84. The zero-order chi connectivity index (χ0) is 12.3. The van der Waals surface area contributed by atoms with Gasteiger partial charge in [-0.15, -0.1) is 0 Å². The molecule has 0 bridgehead atoms. The molecule has 1 aliphatic rings. The number of aliphatic hydroxyl groups is 1. The van der Waals surface area contributed by atoms with Crippen molar-refractivity contribution >= 4 is 5.97 Å². The highest BCUT2D eigenvalue weighted by Gasteiger charge is 2.34. The van der Waals surface area contributed by atoms with Crippen LogP contribution in [0.15, 0.2) is 30.3 Å². The average molecular weight is 235 g/mol. The van der Waals surface area contributed by atoms with Crippen molar-refractivity contribution in [2.75, 3.05) is 6.61 Å². The van der Waals surface area contributed by atoms with Gasteiger partial charge in [-0.25, -0.2) is 0 Å². The summed E-state index contributed by atoms with van der Waals surface area (Å²) in [6, 6.07) is 10.0. The normalized spacial score (nSPS) is 25.6. The molecular formula is C13H17NO3. The summed E-state index contributed by atoms with van der Waals surface area (Å²) in [6.45, 7) is 1.90. The van der Waals surface area contributed by atoms with E-state index in [1.54, 1.807) is 0 Å². The van der Waals surface area contributed by atoms with E-state index in [1.165, 1.54) is 0 Å². The summed E-state index contributed by atoms with van der Waals surface area (Å²) in [5.74, 6) is -0.248. The molecule has 0 spiro atoms. The second kappa shape index (κ2) is 5.29. The van der Waals surface area contributed by atoms with Crippen LogP contribution in [0.25, 0.3) is 0 Å². The van der Waals surface area contributed by atoms with Gasteiger partial charge in [0, 0.05) is 6.04 Å². The number of esters is 1. The van der Waals surface area contributed by atoms with Crippen molar-refractivity contribution < 1.29 is 14.6 Å². The van der Waals surface area contributed by atoms with E-state index in [2.05, 4.69) is 5.32 Å². The summed E-state index contributed by atoms with van der Waals surface area (Å²) >= 11 is 0. The molecule has 0 radical (unpaired) electrons. The number of rotatable bonds is 4. The van der Waals surface area contributed by atoms with Crippen molar-refractivity contribution in [3.05, 3.63) is 35.9 Å². The quantitative estimate of drug-likeness (QED) is 0.765. The van der Waals surface area contributed by atoms with E-state index in [0.717, 1.165) is 5.56 Å². The maximum atomic E-state index is 11.2. The molecule has 92 valence electrons. The summed E-state index contributed by atoms with van der Waals surface area (Å²) in [5.41, 5.74) is 1.16. The van der Waals surface area contributed by atoms with Crippen LogP contribution in [-0.2, 0) is 9.53 Å². The second-order valence-electron chi connectivity index (χ2n) is 4.32. The first-order chi connectivity index (χ1) is 8.20. The van der Waals surface area contributed by atoms with Crippen molar-refractivity contribution in [2.24, 2.45) is 0 Å². The summed E-state index contributed by atoms with van der Waals surface area (Å²) in [7, 11) is 0. The molecule has 17 heavy (non-hydrogen) atoms. The van der Waals surface area contributed by atoms with Crippen molar-refractivity contribution in [1.82, 2.24) is 5.32 Å². The highest BCUT2D eigenvalue weighted by atomic mass is 16.6. The van der Waals surface area contributed by atoms with E-state index in [4.69, 9.17) is 9.84 Å². The van der Waals surface area contributed by atoms with Gasteiger partial charge in [-0.1, -0.05) is 30.3 Å². The summed E-state index contributed by atoms with van der Waals surface area (Å²) < 4.78 is 5.01. The van der Waals surface area contributed by atoms with Gasteiger partial charge < -0.3 is 15.2 Å². The number of benzene rings is 1. The molecule has 0 aliphatic carbocycles. The highest BCUT2D eigenvalue weighted by Crippen LogP contribution is 2.19. The van der Waals surface area contributed by atoms with Gasteiger partial charge in [0.05, 0.1) is 19.1 Å². The number of nitrogens with one attached hydrogen (secondary N) is 1. The lowest BCUT2D eigenvalue weighted by Gasteiger charge is -2.22. The monoisotopic (exact) mass is 235 g/mol. The molecule has 0 amide bonds. The first-order valence-corrected chi connectivity index (χ1v) is 5.82. The maximum absolute atomic E-state index is 11.2. The molecule has 0 saturated carbocycles. The molecule has 2 rings (SSSR count). The number of carbonyl (C=O) groups excluding carboxylic acids is 1. The van der Waals surface area contributed by atoms with Crippen LogP contribution in [-0.4, -0.2) is 29.8 Å². The van der Waals surface area contributed by atoms with E-state index >= 15 is 0 Å². The molecule has 2 N–H and O–H groups in total. The lowest BCUT2D eigenvalue weighted by molar-refractivity contribution is -0.142. The summed E-state index contributed by atoms with van der Waals surface area (Å²) in [5, 5.41) is 12.4. The first kappa shape index (κ1) is 12.1. The van der Waals surface area contributed by atoms with E-state index in [9.17, 15) is 4.79 Å². The number of aliphatic hydroxyl groups excluding tert-OH is 1. The Kier molecular flexibility index (Phi) is 3.76. The van der Waals surface area contributed by atoms with Gasteiger partial charge in [0.1, 0.15) is 6.10 Å². The van der Waals surface area contributed by atoms with Gasteiger partial charge in [-0.05, 0) is 12.5 Å². The van der Waals surface area contributed by atoms with E-state index < -0.39 is 6.10 Å². The van der Waals surface area contributed by atoms with Crippen molar-refractivity contribution in [2.45, 2.75) is 31.5 Å². The number of carbonyl (C=O) groups is 1. The minimum atomic E-state index is -0.423. The Morgan fingerprint density at radius 2 is 2.18 bits per heavy atom.